The van der Waals surface area contributed by atoms with Gasteiger partial charge in [0.25, 0.3) is 0 Å². The lowest BCUT2D eigenvalue weighted by Gasteiger charge is -2.09. The van der Waals surface area contributed by atoms with E-state index in [4.69, 9.17) is 0 Å². The first-order chi connectivity index (χ1) is 10.2. The van der Waals surface area contributed by atoms with Crippen molar-refractivity contribution in [3.8, 4) is 0 Å². The number of rotatable bonds is 3. The predicted octanol–water partition coefficient (Wildman–Crippen LogP) is 2.83. The van der Waals surface area contributed by atoms with Gasteiger partial charge in [0.2, 0.25) is 0 Å². The number of amides is 1. The van der Waals surface area contributed by atoms with E-state index in [0.717, 1.165) is 30.5 Å². The van der Waals surface area contributed by atoms with Crippen LogP contribution >= 0.6 is 0 Å². The molecule has 1 amide bonds. The zero-order valence-electron chi connectivity index (χ0n) is 11.1. The number of halogens is 6. The van der Waals surface area contributed by atoms with Crippen LogP contribution in [0.2, 0.25) is 0 Å². The summed E-state index contributed by atoms with van der Waals surface area (Å²) < 4.78 is 97.2. The molecule has 1 aromatic rings. The highest BCUT2D eigenvalue weighted by atomic mass is 32.3. The maximum absolute atomic E-state index is 12.2. The first kappa shape index (κ1) is 19.4. The minimum absolute atomic E-state index is 0.0304. The molecule has 0 aliphatic heterocycles. The van der Waals surface area contributed by atoms with Gasteiger partial charge in [-0.2, -0.15) is 34.8 Å². The molecule has 0 fully saturated rings. The zero-order chi connectivity index (χ0) is 18.1. The highest BCUT2D eigenvalue weighted by Gasteiger charge is 2.46. The summed E-state index contributed by atoms with van der Waals surface area (Å²) in [5, 5.41) is 1.53. The van der Waals surface area contributed by atoms with E-state index >= 15 is 0 Å². The van der Waals surface area contributed by atoms with Gasteiger partial charge in [-0.25, -0.2) is 0 Å². The molecule has 0 saturated heterocycles. The first-order valence-corrected chi connectivity index (χ1v) is 8.45. The molecule has 0 aliphatic carbocycles. The molecule has 0 unspecified atom stereocenters. The van der Waals surface area contributed by atoms with Crippen LogP contribution in [0, 0.1) is 0 Å². The van der Waals surface area contributed by atoms with Crippen molar-refractivity contribution in [1.29, 1.82) is 0 Å². The van der Waals surface area contributed by atoms with Crippen molar-refractivity contribution in [1.82, 2.24) is 0 Å². The molecule has 1 aromatic carbocycles. The van der Waals surface area contributed by atoms with Gasteiger partial charge in [0.1, 0.15) is 0 Å². The molecule has 0 aliphatic rings. The molecule has 23 heavy (non-hydrogen) atoms. The number of hydrogen-bond acceptors (Lipinski definition) is 3. The second-order valence-electron chi connectivity index (χ2n) is 3.95. The Morgan fingerprint density at radius 3 is 1.96 bits per heavy atom. The summed E-state index contributed by atoms with van der Waals surface area (Å²) in [5.74, 6) is -2.22. The fraction of sp³-hybridized carbons (Fsp3) is 0.300. The van der Waals surface area contributed by atoms with Crippen LogP contribution < -0.4 is 5.32 Å². The summed E-state index contributed by atoms with van der Waals surface area (Å²) in [6.45, 7) is 0. The van der Waals surface area contributed by atoms with Gasteiger partial charge in [0.05, 0.1) is 0 Å². The summed E-state index contributed by atoms with van der Waals surface area (Å²) >= 11 is 0. The van der Waals surface area contributed by atoms with E-state index in [1.54, 1.807) is 0 Å². The van der Waals surface area contributed by atoms with E-state index in [0.29, 0.717) is 0 Å². The molecule has 0 spiro atoms. The number of benzene rings is 1. The maximum atomic E-state index is 12.2. The van der Waals surface area contributed by atoms with Crippen molar-refractivity contribution in [2.24, 2.45) is 3.77 Å². The molecule has 13 heteroatoms. The van der Waals surface area contributed by atoms with Crippen molar-refractivity contribution in [3.63, 3.8) is 0 Å². The van der Waals surface area contributed by atoms with Crippen LogP contribution in [0.3, 0.4) is 0 Å². The van der Waals surface area contributed by atoms with Crippen LogP contribution in [0.15, 0.2) is 32.9 Å². The summed E-state index contributed by atoms with van der Waals surface area (Å²) in [4.78, 5) is 10.7. The molecule has 0 saturated carbocycles. The zero-order valence-corrected chi connectivity index (χ0v) is 12.7. The third-order valence-electron chi connectivity index (χ3n) is 2.21. The van der Waals surface area contributed by atoms with Gasteiger partial charge < -0.3 is 5.32 Å². The largest absolute Gasteiger partial charge is 0.519 e. The third kappa shape index (κ3) is 5.20. The summed E-state index contributed by atoms with van der Waals surface area (Å²) in [7, 11) is -7.38. The van der Waals surface area contributed by atoms with Crippen molar-refractivity contribution in [2.75, 3.05) is 11.6 Å². The lowest BCUT2D eigenvalue weighted by Crippen LogP contribution is -2.29. The molecule has 5 nitrogen and oxygen atoms in total. The van der Waals surface area contributed by atoms with Gasteiger partial charge in [-0.1, -0.05) is 10.7 Å². The van der Waals surface area contributed by atoms with Crippen LogP contribution in [0.4, 0.5) is 32.0 Å². The van der Waals surface area contributed by atoms with Gasteiger partial charge in [0.15, 0.2) is 0 Å². The molecule has 130 valence electrons. The lowest BCUT2D eigenvalue weighted by molar-refractivity contribution is -0.167. The standard InChI is InChI=1S/C10H8F6N2O3S2/c1-22(18-23(20,21)10(14,15)16)7-4-2-6(3-5-7)17-8(19)9(11,12)13/h2-5H,1H3,(H,17,19)/t22-/m0/s1. The highest BCUT2D eigenvalue weighted by Crippen LogP contribution is 2.26. The normalized spacial score (nSPS) is 14.6. The Balaban J connectivity index is 2.99. The molecule has 0 bridgehead atoms. The number of carbonyl (C=O) groups excluding carboxylic acids is 1. The number of anilines is 1. The number of carbonyl (C=O) groups is 1. The monoisotopic (exact) mass is 382 g/mol. The first-order valence-electron chi connectivity index (χ1n) is 5.42. The molecule has 0 heterocycles. The number of sulfonamides is 1. The Morgan fingerprint density at radius 2 is 1.57 bits per heavy atom. The highest BCUT2D eigenvalue weighted by molar-refractivity contribution is 8.00. The average molecular weight is 382 g/mol. The summed E-state index contributed by atoms with van der Waals surface area (Å²) in [6.07, 6.45) is -4.00. The Hall–Kier alpha value is -1.63. The molecule has 0 radical (unpaired) electrons. The van der Waals surface area contributed by atoms with Crippen LogP contribution in [-0.2, 0) is 25.5 Å². The van der Waals surface area contributed by atoms with E-state index < -0.39 is 38.3 Å². The van der Waals surface area contributed by atoms with Gasteiger partial charge in [-0.05, 0) is 30.5 Å². The average Bonchev–Trinajstić information content (AvgIpc) is 2.36. The fourth-order valence-electron chi connectivity index (χ4n) is 1.17. The van der Waals surface area contributed by atoms with Crippen molar-refractivity contribution >= 4 is 32.3 Å². The van der Waals surface area contributed by atoms with E-state index in [1.807, 2.05) is 0 Å². The number of nitrogens with zero attached hydrogens (tertiary/aromatic N) is 1. The number of alkyl halides is 6. The van der Waals surface area contributed by atoms with Crippen molar-refractivity contribution in [3.05, 3.63) is 24.3 Å². The van der Waals surface area contributed by atoms with E-state index in [9.17, 15) is 39.6 Å². The van der Waals surface area contributed by atoms with Crippen molar-refractivity contribution in [2.45, 2.75) is 16.6 Å². The summed E-state index contributed by atoms with van der Waals surface area (Å²) in [5.41, 5.74) is -5.79. The van der Waals surface area contributed by atoms with E-state index in [2.05, 4.69) is 3.77 Å². The van der Waals surface area contributed by atoms with Crippen LogP contribution in [0.1, 0.15) is 0 Å². The second kappa shape index (κ2) is 6.47. The van der Waals surface area contributed by atoms with Gasteiger partial charge in [-0.3, -0.25) is 4.79 Å². The SMILES string of the molecule is C[S@](=NS(=O)(=O)C(F)(F)F)c1ccc(NC(=O)C(F)(F)F)cc1. The Kier molecular flexibility index (Phi) is 5.46. The van der Waals surface area contributed by atoms with Crippen LogP contribution in [-0.4, -0.2) is 32.3 Å². The number of nitrogens with one attached hydrogen (secondary N) is 1. The van der Waals surface area contributed by atoms with Crippen LogP contribution in [0.5, 0.6) is 0 Å². The number of hydrogen-bond donors (Lipinski definition) is 1. The van der Waals surface area contributed by atoms with Crippen molar-refractivity contribution < 1.29 is 39.6 Å². The molecular weight excluding hydrogens is 374 g/mol. The predicted molar refractivity (Wildman–Crippen MR) is 70.1 cm³/mol. The van der Waals surface area contributed by atoms with Crippen LogP contribution in [0.25, 0.3) is 0 Å². The second-order valence-corrected chi connectivity index (χ2v) is 7.39. The quantitative estimate of drug-likeness (QED) is 0.817. The molecule has 1 atom stereocenters. The molecule has 0 aromatic heterocycles. The maximum Gasteiger partial charge on any atom is 0.519 e. The van der Waals surface area contributed by atoms with Gasteiger partial charge in [0, 0.05) is 10.6 Å². The molecule has 1 N–H and O–H groups in total. The Labute approximate surface area is 128 Å². The Bertz CT molecular complexity index is 722. The van der Waals surface area contributed by atoms with Gasteiger partial charge in [-0.15, -0.1) is 3.77 Å². The third-order valence-corrected chi connectivity index (χ3v) is 5.43. The molecular formula is C10H8F6N2O3S2. The Morgan fingerprint density at radius 1 is 1.09 bits per heavy atom. The van der Waals surface area contributed by atoms with Gasteiger partial charge >= 0.3 is 27.6 Å². The lowest BCUT2D eigenvalue weighted by atomic mass is 10.3. The fourth-order valence-corrected chi connectivity index (χ4v) is 3.56. The van der Waals surface area contributed by atoms with E-state index in [-0.39, 0.29) is 10.6 Å². The minimum atomic E-state index is -5.67. The minimum Gasteiger partial charge on any atom is -0.318 e. The molecule has 1 rings (SSSR count). The summed E-state index contributed by atoms with van der Waals surface area (Å²) in [6, 6.07) is 4.09. The topological polar surface area (TPSA) is 75.6 Å². The smallest absolute Gasteiger partial charge is 0.318 e. The van der Waals surface area contributed by atoms with E-state index in [1.165, 1.54) is 5.32 Å².